The maximum Gasteiger partial charge on any atom is 0.278 e. The first kappa shape index (κ1) is 24.7. The molecule has 0 bridgehead atoms. The van der Waals surface area contributed by atoms with Gasteiger partial charge >= 0.3 is 0 Å². The number of pyridine rings is 1. The van der Waals surface area contributed by atoms with Crippen molar-refractivity contribution in [3.63, 3.8) is 0 Å². The zero-order chi connectivity index (χ0) is 26.5. The van der Waals surface area contributed by atoms with Crippen molar-refractivity contribution >= 4 is 22.7 Å². The zero-order valence-corrected chi connectivity index (χ0v) is 22.1. The first-order valence-corrected chi connectivity index (χ1v) is 12.5. The number of fused-ring (bicyclic) bond motifs is 2. The average molecular weight is 497 g/mol. The molecule has 4 heterocycles. The molecule has 1 aliphatic rings. The second kappa shape index (κ2) is 8.82. The summed E-state index contributed by atoms with van der Waals surface area (Å²) in [6.45, 7) is 13.8. The van der Waals surface area contributed by atoms with Crippen molar-refractivity contribution in [1.82, 2.24) is 29.6 Å². The SMILES string of the molecule is CC(C)n1c(=O)c2cnc(Nc3ccc4c(c3)CNCC4(C)C)nc2n1-c1ccnc(C(C)(C)C#N)c1. The van der Waals surface area contributed by atoms with Gasteiger partial charge in [0.2, 0.25) is 5.95 Å². The smallest absolute Gasteiger partial charge is 0.278 e. The Hall–Kier alpha value is -4.03. The van der Waals surface area contributed by atoms with Gasteiger partial charge in [0.15, 0.2) is 5.65 Å². The number of nitrogens with one attached hydrogen (secondary N) is 2. The largest absolute Gasteiger partial charge is 0.324 e. The highest BCUT2D eigenvalue weighted by Crippen LogP contribution is 2.32. The zero-order valence-electron chi connectivity index (χ0n) is 22.1. The number of benzene rings is 1. The minimum atomic E-state index is -0.778. The lowest BCUT2D eigenvalue weighted by molar-refractivity contribution is 0.435. The molecule has 5 rings (SSSR count). The molecule has 0 aliphatic carbocycles. The predicted molar refractivity (Wildman–Crippen MR) is 144 cm³/mol. The molecule has 3 aromatic heterocycles. The van der Waals surface area contributed by atoms with Crippen molar-refractivity contribution in [3.05, 3.63) is 69.9 Å². The standard InChI is InChI=1S/C28H32N8O/c1-17(2)35-25(37)21-14-32-26(33-19-7-8-22-18(11-19)13-30-16-28(22,5)6)34-24(21)36(35)20-9-10-31-23(12-20)27(3,4)15-29/h7-12,14,17,30H,13,16H2,1-6H3,(H,32,33,34). The van der Waals surface area contributed by atoms with Crippen LogP contribution in [0.25, 0.3) is 16.7 Å². The highest BCUT2D eigenvalue weighted by molar-refractivity contribution is 5.77. The third kappa shape index (κ3) is 4.27. The van der Waals surface area contributed by atoms with Crippen LogP contribution in [0, 0.1) is 11.3 Å². The summed E-state index contributed by atoms with van der Waals surface area (Å²) >= 11 is 0. The van der Waals surface area contributed by atoms with E-state index >= 15 is 0 Å². The third-order valence-corrected chi connectivity index (χ3v) is 6.99. The molecule has 1 aromatic carbocycles. The van der Waals surface area contributed by atoms with Gasteiger partial charge in [-0.1, -0.05) is 19.9 Å². The minimum Gasteiger partial charge on any atom is -0.324 e. The van der Waals surface area contributed by atoms with Crippen molar-refractivity contribution in [2.45, 2.75) is 65.0 Å². The molecule has 0 fully saturated rings. The molecular formula is C28H32N8O. The van der Waals surface area contributed by atoms with Crippen LogP contribution in [-0.2, 0) is 17.4 Å². The van der Waals surface area contributed by atoms with Gasteiger partial charge in [-0.3, -0.25) is 9.78 Å². The number of nitriles is 1. The van der Waals surface area contributed by atoms with Gasteiger partial charge < -0.3 is 10.6 Å². The summed E-state index contributed by atoms with van der Waals surface area (Å²) in [5, 5.41) is 16.9. The molecule has 9 nitrogen and oxygen atoms in total. The van der Waals surface area contributed by atoms with Crippen molar-refractivity contribution < 1.29 is 0 Å². The van der Waals surface area contributed by atoms with Crippen molar-refractivity contribution in [2.24, 2.45) is 0 Å². The lowest BCUT2D eigenvalue weighted by atomic mass is 9.79. The van der Waals surface area contributed by atoms with E-state index in [9.17, 15) is 10.1 Å². The van der Waals surface area contributed by atoms with E-state index in [1.807, 2.05) is 45.9 Å². The second-order valence-electron chi connectivity index (χ2n) is 11.1. The number of aromatic nitrogens is 5. The second-order valence-corrected chi connectivity index (χ2v) is 11.1. The van der Waals surface area contributed by atoms with Crippen LogP contribution in [0.15, 0.2) is 47.5 Å². The summed E-state index contributed by atoms with van der Waals surface area (Å²) in [4.78, 5) is 27.0. The molecular weight excluding hydrogens is 464 g/mol. The van der Waals surface area contributed by atoms with Gasteiger partial charge in [-0.2, -0.15) is 10.2 Å². The number of hydrogen-bond donors (Lipinski definition) is 2. The fourth-order valence-corrected chi connectivity index (χ4v) is 4.94. The first-order chi connectivity index (χ1) is 17.5. The molecule has 1 aliphatic heterocycles. The summed E-state index contributed by atoms with van der Waals surface area (Å²) in [6, 6.07) is 12.2. The lowest BCUT2D eigenvalue weighted by Crippen LogP contribution is -2.38. The maximum absolute atomic E-state index is 13.4. The van der Waals surface area contributed by atoms with Crippen molar-refractivity contribution in [1.29, 1.82) is 5.26 Å². The van der Waals surface area contributed by atoms with Crippen molar-refractivity contribution in [3.8, 4) is 11.8 Å². The van der Waals surface area contributed by atoms with E-state index in [4.69, 9.17) is 4.98 Å². The Morgan fingerprint density at radius 1 is 1.19 bits per heavy atom. The van der Waals surface area contributed by atoms with E-state index in [0.717, 1.165) is 18.8 Å². The van der Waals surface area contributed by atoms with E-state index in [0.29, 0.717) is 28.4 Å². The molecule has 0 radical (unpaired) electrons. The molecule has 0 atom stereocenters. The molecule has 4 aromatic rings. The summed E-state index contributed by atoms with van der Waals surface area (Å²) in [7, 11) is 0. The van der Waals surface area contributed by atoms with Crippen LogP contribution in [-0.4, -0.2) is 30.9 Å². The normalized spacial score (nSPS) is 15.0. The number of hydrogen-bond acceptors (Lipinski definition) is 7. The topological polar surface area (TPSA) is 113 Å². The minimum absolute atomic E-state index is 0.0703. The summed E-state index contributed by atoms with van der Waals surface area (Å²) in [5.41, 5.74) is 4.41. The summed E-state index contributed by atoms with van der Waals surface area (Å²) < 4.78 is 3.46. The van der Waals surface area contributed by atoms with E-state index < -0.39 is 5.41 Å². The van der Waals surface area contributed by atoms with Gasteiger partial charge in [-0.05, 0) is 63.1 Å². The van der Waals surface area contributed by atoms with Gasteiger partial charge in [0, 0.05) is 42.6 Å². The van der Waals surface area contributed by atoms with Crippen LogP contribution in [0.2, 0.25) is 0 Å². The Morgan fingerprint density at radius 3 is 2.70 bits per heavy atom. The van der Waals surface area contributed by atoms with Crippen LogP contribution in [0.4, 0.5) is 11.6 Å². The third-order valence-electron chi connectivity index (χ3n) is 6.99. The molecule has 0 unspecified atom stereocenters. The average Bonchev–Trinajstić information content (AvgIpc) is 3.15. The van der Waals surface area contributed by atoms with Crippen LogP contribution in [0.3, 0.4) is 0 Å². The van der Waals surface area contributed by atoms with Crippen molar-refractivity contribution in [2.75, 3.05) is 11.9 Å². The number of anilines is 2. The van der Waals surface area contributed by atoms with Gasteiger partial charge in [-0.15, -0.1) is 0 Å². The highest BCUT2D eigenvalue weighted by atomic mass is 16.1. The van der Waals surface area contributed by atoms with Crippen LogP contribution in [0.5, 0.6) is 0 Å². The van der Waals surface area contributed by atoms with Crippen LogP contribution in [0.1, 0.15) is 64.4 Å². The Kier molecular flexibility index (Phi) is 5.88. The number of rotatable bonds is 5. The summed E-state index contributed by atoms with van der Waals surface area (Å²) in [5.74, 6) is 0.400. The molecule has 9 heteroatoms. The Morgan fingerprint density at radius 2 is 1.97 bits per heavy atom. The van der Waals surface area contributed by atoms with Gasteiger partial charge in [-0.25, -0.2) is 14.3 Å². The molecule has 0 amide bonds. The molecule has 0 spiro atoms. The molecule has 0 saturated carbocycles. The number of nitrogens with zero attached hydrogens (tertiary/aromatic N) is 6. The summed E-state index contributed by atoms with van der Waals surface area (Å²) in [6.07, 6.45) is 3.24. The molecule has 37 heavy (non-hydrogen) atoms. The van der Waals surface area contributed by atoms with E-state index in [1.165, 1.54) is 11.1 Å². The fraction of sp³-hybridized carbons (Fsp3) is 0.393. The lowest BCUT2D eigenvalue weighted by Gasteiger charge is -2.33. The van der Waals surface area contributed by atoms with Crippen LogP contribution >= 0.6 is 0 Å². The van der Waals surface area contributed by atoms with E-state index in [-0.39, 0.29) is 17.0 Å². The quantitative estimate of drug-likeness (QED) is 0.419. The van der Waals surface area contributed by atoms with E-state index in [1.54, 1.807) is 21.8 Å². The predicted octanol–water partition coefficient (Wildman–Crippen LogP) is 4.48. The maximum atomic E-state index is 13.4. The Balaban J connectivity index is 1.62. The van der Waals surface area contributed by atoms with Gasteiger partial charge in [0.1, 0.15) is 5.39 Å². The fourth-order valence-electron chi connectivity index (χ4n) is 4.94. The Labute approximate surface area is 216 Å². The first-order valence-electron chi connectivity index (χ1n) is 12.5. The van der Waals surface area contributed by atoms with Gasteiger partial charge in [0.05, 0.1) is 22.9 Å². The monoisotopic (exact) mass is 496 g/mol. The highest BCUT2D eigenvalue weighted by Gasteiger charge is 2.27. The van der Waals surface area contributed by atoms with Gasteiger partial charge in [0.25, 0.3) is 5.56 Å². The van der Waals surface area contributed by atoms with E-state index in [2.05, 4.69) is 52.7 Å². The molecule has 2 N–H and O–H groups in total. The molecule has 190 valence electrons. The van der Waals surface area contributed by atoms with Crippen LogP contribution < -0.4 is 16.2 Å². The Bertz CT molecular complexity index is 1600. The molecule has 0 saturated heterocycles.